The van der Waals surface area contributed by atoms with Crippen LogP contribution >= 0.6 is 34.7 Å². The summed E-state index contributed by atoms with van der Waals surface area (Å²) >= 11 is 8.92. The van der Waals surface area contributed by atoms with Gasteiger partial charge in [0, 0.05) is 17.0 Å². The first kappa shape index (κ1) is 28.7. The maximum Gasteiger partial charge on any atom is 0.301 e. The van der Waals surface area contributed by atoms with E-state index < -0.39 is 17.7 Å². The number of carbonyl (C=O) groups excluding carboxylic acids is 2. The standard InChI is InChI=1S/C31H24ClN5O4S2/c1-3-16-41-21-13-11-19(12-14-21)26-24(27(38)25-18(2)33-23-10-6-7-15-36(23)25)28(39)29(40)37(26)30-34-35-31(43-30)42-17-20-8-4-5-9-22(20)32/h3-15,26,38H,1,16-17H2,2H3. The molecular weight excluding hydrogens is 606 g/mol. The summed E-state index contributed by atoms with van der Waals surface area (Å²) in [6, 6.07) is 19.0. The molecule has 43 heavy (non-hydrogen) atoms. The van der Waals surface area contributed by atoms with Gasteiger partial charge in [-0.15, -0.1) is 10.2 Å². The van der Waals surface area contributed by atoms with Crippen LogP contribution in [0.2, 0.25) is 5.02 Å². The number of halogens is 1. The minimum absolute atomic E-state index is 0.0704. The van der Waals surface area contributed by atoms with Crippen LogP contribution in [0.1, 0.15) is 28.6 Å². The van der Waals surface area contributed by atoms with Crippen LogP contribution in [-0.4, -0.2) is 43.0 Å². The van der Waals surface area contributed by atoms with Crippen molar-refractivity contribution in [2.75, 3.05) is 11.5 Å². The van der Waals surface area contributed by atoms with Gasteiger partial charge in [0.05, 0.1) is 17.3 Å². The molecule has 1 unspecified atom stereocenters. The van der Waals surface area contributed by atoms with E-state index in [-0.39, 0.29) is 16.5 Å². The highest BCUT2D eigenvalue weighted by atomic mass is 35.5. The Labute approximate surface area is 260 Å². The quantitative estimate of drug-likeness (QED) is 0.0483. The molecule has 1 aliphatic heterocycles. The monoisotopic (exact) mass is 629 g/mol. The first-order valence-corrected chi connectivity index (χ1v) is 15.3. The van der Waals surface area contributed by atoms with Gasteiger partial charge < -0.3 is 9.84 Å². The van der Waals surface area contributed by atoms with Gasteiger partial charge in [0.15, 0.2) is 10.1 Å². The van der Waals surface area contributed by atoms with E-state index in [0.717, 1.165) is 5.56 Å². The number of carbonyl (C=O) groups is 2. The van der Waals surface area contributed by atoms with Gasteiger partial charge >= 0.3 is 5.91 Å². The van der Waals surface area contributed by atoms with Crippen LogP contribution < -0.4 is 9.64 Å². The van der Waals surface area contributed by atoms with Crippen molar-refractivity contribution >= 4 is 62.9 Å². The van der Waals surface area contributed by atoms with Gasteiger partial charge in [0.1, 0.15) is 23.7 Å². The van der Waals surface area contributed by atoms with Gasteiger partial charge in [0.2, 0.25) is 5.13 Å². The lowest BCUT2D eigenvalue weighted by Gasteiger charge is -2.22. The zero-order valence-electron chi connectivity index (χ0n) is 22.8. The number of hydrogen-bond acceptors (Lipinski definition) is 9. The molecule has 1 saturated heterocycles. The van der Waals surface area contributed by atoms with Crippen molar-refractivity contribution in [3.05, 3.63) is 119 Å². The van der Waals surface area contributed by atoms with E-state index in [2.05, 4.69) is 21.8 Å². The van der Waals surface area contributed by atoms with Crippen LogP contribution in [0.3, 0.4) is 0 Å². The predicted octanol–water partition coefficient (Wildman–Crippen LogP) is 6.63. The minimum Gasteiger partial charge on any atom is -0.505 e. The van der Waals surface area contributed by atoms with Gasteiger partial charge in [-0.1, -0.05) is 83.8 Å². The van der Waals surface area contributed by atoms with Crippen molar-refractivity contribution in [3.8, 4) is 5.75 Å². The fourth-order valence-corrected chi connectivity index (χ4v) is 7.04. The Morgan fingerprint density at radius 3 is 2.65 bits per heavy atom. The number of fused-ring (bicyclic) bond motifs is 1. The number of anilines is 1. The Morgan fingerprint density at radius 1 is 1.12 bits per heavy atom. The number of imidazole rings is 1. The van der Waals surface area contributed by atoms with E-state index in [1.54, 1.807) is 60.0 Å². The number of nitrogens with zero attached hydrogens (tertiary/aromatic N) is 5. The Hall–Kier alpha value is -4.45. The molecule has 1 N–H and O–H groups in total. The number of benzene rings is 2. The fraction of sp³-hybridized carbons (Fsp3) is 0.129. The first-order valence-electron chi connectivity index (χ1n) is 13.2. The number of Topliss-reactive ketones (excluding diaryl/α,β-unsaturated/α-hetero) is 1. The van der Waals surface area contributed by atoms with Gasteiger partial charge in [-0.3, -0.25) is 18.9 Å². The summed E-state index contributed by atoms with van der Waals surface area (Å²) in [6.45, 7) is 5.73. The third-order valence-corrected chi connectivity index (χ3v) is 9.32. The van der Waals surface area contributed by atoms with Crippen LogP contribution in [-0.2, 0) is 15.3 Å². The molecule has 1 fully saturated rings. The number of ether oxygens (including phenoxy) is 1. The zero-order chi connectivity index (χ0) is 30.1. The summed E-state index contributed by atoms with van der Waals surface area (Å²) in [5.41, 5.74) is 2.89. The molecule has 0 bridgehead atoms. The molecule has 3 aromatic heterocycles. The number of aryl methyl sites for hydroxylation is 1. The smallest absolute Gasteiger partial charge is 0.301 e. The van der Waals surface area contributed by atoms with Crippen molar-refractivity contribution in [1.82, 2.24) is 19.6 Å². The normalized spacial score (nSPS) is 16.2. The molecule has 5 aromatic rings. The van der Waals surface area contributed by atoms with Crippen LogP contribution in [0.4, 0.5) is 5.13 Å². The second-order valence-corrected chi connectivity index (χ2v) is 12.1. The van der Waals surface area contributed by atoms with Crippen LogP contribution in [0.5, 0.6) is 5.75 Å². The molecule has 12 heteroatoms. The molecule has 216 valence electrons. The van der Waals surface area contributed by atoms with Gasteiger partial charge in [-0.25, -0.2) is 4.98 Å². The lowest BCUT2D eigenvalue weighted by atomic mass is 9.96. The van der Waals surface area contributed by atoms with Crippen molar-refractivity contribution in [2.24, 2.45) is 0 Å². The topological polar surface area (TPSA) is 110 Å². The van der Waals surface area contributed by atoms with Crippen molar-refractivity contribution < 1.29 is 19.4 Å². The SMILES string of the molecule is C=CCOc1ccc(C2C(=C(O)c3c(C)nc4ccccn34)C(=O)C(=O)N2c2nnc(SCc3ccccc3Cl)s2)cc1. The van der Waals surface area contributed by atoms with Gasteiger partial charge in [0.25, 0.3) is 5.78 Å². The van der Waals surface area contributed by atoms with Crippen LogP contribution in [0.15, 0.2) is 95.5 Å². The van der Waals surface area contributed by atoms with E-state index in [9.17, 15) is 14.7 Å². The Kier molecular flexibility index (Phi) is 8.02. The third-order valence-electron chi connectivity index (χ3n) is 6.85. The van der Waals surface area contributed by atoms with Crippen molar-refractivity contribution in [2.45, 2.75) is 23.1 Å². The lowest BCUT2D eigenvalue weighted by molar-refractivity contribution is -0.132. The van der Waals surface area contributed by atoms with Crippen LogP contribution in [0.25, 0.3) is 11.4 Å². The average molecular weight is 630 g/mol. The Bertz CT molecular complexity index is 1900. The number of aliphatic hydroxyl groups excluding tert-OH is 1. The molecule has 9 nitrogen and oxygen atoms in total. The second-order valence-electron chi connectivity index (χ2n) is 9.54. The summed E-state index contributed by atoms with van der Waals surface area (Å²) < 4.78 is 7.92. The molecule has 0 aliphatic carbocycles. The maximum absolute atomic E-state index is 13.7. The zero-order valence-corrected chi connectivity index (χ0v) is 25.2. The lowest BCUT2D eigenvalue weighted by Crippen LogP contribution is -2.29. The second kappa shape index (κ2) is 12.0. The fourth-order valence-electron chi connectivity index (χ4n) is 4.89. The number of thioether (sulfide) groups is 1. The van der Waals surface area contributed by atoms with E-state index in [1.807, 2.05) is 30.3 Å². The molecule has 4 heterocycles. The Balaban J connectivity index is 1.43. The summed E-state index contributed by atoms with van der Waals surface area (Å²) in [6.07, 6.45) is 3.38. The van der Waals surface area contributed by atoms with E-state index in [1.165, 1.54) is 28.0 Å². The highest BCUT2D eigenvalue weighted by Crippen LogP contribution is 2.44. The summed E-state index contributed by atoms with van der Waals surface area (Å²) in [4.78, 5) is 33.2. The molecule has 1 atom stereocenters. The first-order chi connectivity index (χ1) is 20.9. The summed E-state index contributed by atoms with van der Waals surface area (Å²) in [5.74, 6) is -0.834. The van der Waals surface area contributed by atoms with E-state index >= 15 is 0 Å². The predicted molar refractivity (Wildman–Crippen MR) is 168 cm³/mol. The maximum atomic E-state index is 13.7. The highest BCUT2D eigenvalue weighted by molar-refractivity contribution is 8.00. The minimum atomic E-state index is -0.975. The highest BCUT2D eigenvalue weighted by Gasteiger charge is 2.49. The van der Waals surface area contributed by atoms with E-state index in [0.29, 0.717) is 50.1 Å². The third kappa shape index (κ3) is 5.42. The Morgan fingerprint density at radius 2 is 1.88 bits per heavy atom. The number of pyridine rings is 1. The number of aromatic nitrogens is 4. The molecule has 0 radical (unpaired) electrons. The summed E-state index contributed by atoms with van der Waals surface area (Å²) in [5, 5.41) is 21.2. The molecule has 2 aromatic carbocycles. The van der Waals surface area contributed by atoms with Crippen molar-refractivity contribution in [3.63, 3.8) is 0 Å². The van der Waals surface area contributed by atoms with Crippen molar-refractivity contribution in [1.29, 1.82) is 0 Å². The molecular formula is C31H24ClN5O4S2. The number of ketones is 1. The molecule has 1 aliphatic rings. The number of amides is 1. The molecule has 1 amide bonds. The van der Waals surface area contributed by atoms with Gasteiger partial charge in [-0.05, 0) is 48.4 Å². The average Bonchev–Trinajstić information content (AvgIpc) is 3.69. The van der Waals surface area contributed by atoms with Gasteiger partial charge in [-0.2, -0.15) is 0 Å². The number of hydrogen-bond donors (Lipinski definition) is 1. The molecule has 0 saturated carbocycles. The molecule has 0 spiro atoms. The summed E-state index contributed by atoms with van der Waals surface area (Å²) in [7, 11) is 0. The number of aliphatic hydroxyl groups is 1. The van der Waals surface area contributed by atoms with E-state index in [4.69, 9.17) is 16.3 Å². The van der Waals surface area contributed by atoms with Crippen LogP contribution in [0, 0.1) is 6.92 Å². The number of rotatable bonds is 9. The largest absolute Gasteiger partial charge is 0.505 e. The molecule has 6 rings (SSSR count).